The van der Waals surface area contributed by atoms with E-state index in [9.17, 15) is 4.79 Å². The van der Waals surface area contributed by atoms with Crippen molar-refractivity contribution in [3.05, 3.63) is 70.9 Å². The van der Waals surface area contributed by atoms with Gasteiger partial charge < -0.3 is 14.8 Å². The van der Waals surface area contributed by atoms with Crippen LogP contribution in [0.15, 0.2) is 48.5 Å². The van der Waals surface area contributed by atoms with Gasteiger partial charge in [-0.05, 0) is 30.2 Å². The molecule has 1 amide bonds. The average Bonchev–Trinajstić information content (AvgIpc) is 3.33. The molecule has 29 heavy (non-hydrogen) atoms. The molecule has 0 unspecified atom stereocenters. The second-order valence-electron chi connectivity index (χ2n) is 6.99. The maximum absolute atomic E-state index is 12.8. The van der Waals surface area contributed by atoms with Gasteiger partial charge in [-0.2, -0.15) is 5.10 Å². The van der Waals surface area contributed by atoms with Gasteiger partial charge >= 0.3 is 0 Å². The predicted octanol–water partition coefficient (Wildman–Crippen LogP) is 3.24. The van der Waals surface area contributed by atoms with E-state index < -0.39 is 0 Å². The Morgan fingerprint density at radius 1 is 1.14 bits per heavy atom. The molecule has 0 bridgehead atoms. The zero-order valence-corrected chi connectivity index (χ0v) is 16.6. The zero-order valence-electron chi connectivity index (χ0n) is 16.6. The first-order chi connectivity index (χ1) is 14.2. The summed E-state index contributed by atoms with van der Waals surface area (Å²) in [5.41, 5.74) is 3.74. The van der Waals surface area contributed by atoms with Gasteiger partial charge in [-0.1, -0.05) is 30.3 Å². The van der Waals surface area contributed by atoms with Crippen molar-refractivity contribution in [3.63, 3.8) is 0 Å². The second-order valence-corrected chi connectivity index (χ2v) is 6.99. The van der Waals surface area contributed by atoms with Crippen molar-refractivity contribution >= 4 is 11.7 Å². The summed E-state index contributed by atoms with van der Waals surface area (Å²) in [4.78, 5) is 15.2. The highest BCUT2D eigenvalue weighted by Gasteiger charge is 2.26. The van der Waals surface area contributed by atoms with Crippen molar-refractivity contribution in [2.24, 2.45) is 0 Å². The lowest BCUT2D eigenvalue weighted by Crippen LogP contribution is -2.21. The van der Waals surface area contributed by atoms with E-state index in [4.69, 9.17) is 9.47 Å². The molecule has 4 rings (SSSR count). The number of benzene rings is 2. The van der Waals surface area contributed by atoms with Gasteiger partial charge in [-0.3, -0.25) is 14.8 Å². The van der Waals surface area contributed by atoms with Gasteiger partial charge in [0.25, 0.3) is 5.91 Å². The van der Waals surface area contributed by atoms with E-state index in [0.717, 1.165) is 37.3 Å². The number of ether oxygens (including phenoxy) is 2. The van der Waals surface area contributed by atoms with Crippen LogP contribution in [0.4, 0.5) is 5.82 Å². The van der Waals surface area contributed by atoms with E-state index in [2.05, 4.69) is 44.7 Å². The predicted molar refractivity (Wildman–Crippen MR) is 110 cm³/mol. The first kappa shape index (κ1) is 19.0. The summed E-state index contributed by atoms with van der Waals surface area (Å²) in [6, 6.07) is 15.6. The fourth-order valence-corrected chi connectivity index (χ4v) is 3.56. The Morgan fingerprint density at radius 3 is 2.72 bits per heavy atom. The Morgan fingerprint density at radius 2 is 1.97 bits per heavy atom. The van der Waals surface area contributed by atoms with Crippen LogP contribution in [0.1, 0.15) is 27.2 Å². The van der Waals surface area contributed by atoms with Crippen LogP contribution in [0.5, 0.6) is 11.5 Å². The number of hydrogen-bond acceptors (Lipinski definition) is 5. The van der Waals surface area contributed by atoms with E-state index in [1.54, 1.807) is 25.3 Å². The van der Waals surface area contributed by atoms with Crippen molar-refractivity contribution in [3.8, 4) is 11.5 Å². The zero-order chi connectivity index (χ0) is 20.2. The van der Waals surface area contributed by atoms with Gasteiger partial charge in [0.05, 0.1) is 25.5 Å². The summed E-state index contributed by atoms with van der Waals surface area (Å²) < 4.78 is 10.5. The number of hydrogen-bond donors (Lipinski definition) is 2. The molecular formula is C22H24N4O3. The summed E-state index contributed by atoms with van der Waals surface area (Å²) in [6.07, 6.45) is 0.984. The molecule has 0 atom stereocenters. The van der Waals surface area contributed by atoms with Crippen LogP contribution >= 0.6 is 0 Å². The molecule has 7 heteroatoms. The van der Waals surface area contributed by atoms with E-state index in [0.29, 0.717) is 22.9 Å². The summed E-state index contributed by atoms with van der Waals surface area (Å²) in [7, 11) is 3.10. The number of anilines is 1. The van der Waals surface area contributed by atoms with E-state index in [-0.39, 0.29) is 5.91 Å². The van der Waals surface area contributed by atoms with Crippen LogP contribution in [-0.4, -0.2) is 41.8 Å². The van der Waals surface area contributed by atoms with E-state index in [1.165, 1.54) is 12.7 Å². The number of rotatable bonds is 7. The quantitative estimate of drug-likeness (QED) is 0.645. The molecule has 0 radical (unpaired) electrons. The summed E-state index contributed by atoms with van der Waals surface area (Å²) in [5.74, 6) is 1.45. The smallest absolute Gasteiger partial charge is 0.260 e. The van der Waals surface area contributed by atoms with Crippen LogP contribution < -0.4 is 14.8 Å². The third-order valence-corrected chi connectivity index (χ3v) is 5.16. The molecule has 150 valence electrons. The molecule has 2 aromatic carbocycles. The fourth-order valence-electron chi connectivity index (χ4n) is 3.56. The first-order valence-corrected chi connectivity index (χ1v) is 9.53. The lowest BCUT2D eigenvalue weighted by molar-refractivity contribution is 0.102. The lowest BCUT2D eigenvalue weighted by atomic mass is 10.1. The van der Waals surface area contributed by atoms with Crippen molar-refractivity contribution in [1.82, 2.24) is 15.1 Å². The first-order valence-electron chi connectivity index (χ1n) is 9.53. The van der Waals surface area contributed by atoms with Gasteiger partial charge in [0, 0.05) is 25.2 Å². The number of fused-ring (bicyclic) bond motifs is 1. The van der Waals surface area contributed by atoms with Crippen molar-refractivity contribution in [1.29, 1.82) is 0 Å². The Hall–Kier alpha value is -3.32. The molecule has 0 fully saturated rings. The number of H-pyrrole nitrogens is 1. The summed E-state index contributed by atoms with van der Waals surface area (Å²) in [6.45, 7) is 2.47. The minimum atomic E-state index is -0.269. The largest absolute Gasteiger partial charge is 0.497 e. The number of aromatic nitrogens is 2. The highest BCUT2D eigenvalue weighted by Crippen LogP contribution is 2.29. The molecule has 0 spiro atoms. The van der Waals surface area contributed by atoms with Crippen molar-refractivity contribution < 1.29 is 14.3 Å². The maximum Gasteiger partial charge on any atom is 0.260 e. The number of methoxy groups -OCH3 is 2. The Bertz CT molecular complexity index is 1000. The molecule has 0 saturated carbocycles. The molecule has 1 aromatic heterocycles. The molecule has 1 aliphatic heterocycles. The summed E-state index contributed by atoms with van der Waals surface area (Å²) >= 11 is 0. The minimum Gasteiger partial charge on any atom is -0.497 e. The topological polar surface area (TPSA) is 79.5 Å². The molecule has 2 heterocycles. The lowest BCUT2D eigenvalue weighted by Gasteiger charge is -2.15. The molecule has 0 aliphatic carbocycles. The Labute approximate surface area is 169 Å². The summed E-state index contributed by atoms with van der Waals surface area (Å²) in [5, 5.41) is 10.3. The molecular weight excluding hydrogens is 368 g/mol. The number of aromatic amines is 1. The van der Waals surface area contributed by atoms with Crippen molar-refractivity contribution in [2.75, 3.05) is 26.1 Å². The number of carbonyl (C=O) groups is 1. The molecule has 1 aliphatic rings. The van der Waals surface area contributed by atoms with E-state index in [1.807, 2.05) is 6.07 Å². The van der Waals surface area contributed by atoms with Gasteiger partial charge in [-0.25, -0.2) is 0 Å². The monoisotopic (exact) mass is 392 g/mol. The molecule has 2 N–H and O–H groups in total. The maximum atomic E-state index is 12.8. The molecule has 0 saturated heterocycles. The van der Waals surface area contributed by atoms with Crippen molar-refractivity contribution in [2.45, 2.75) is 19.5 Å². The van der Waals surface area contributed by atoms with Gasteiger partial charge in [0.1, 0.15) is 17.3 Å². The van der Waals surface area contributed by atoms with Crippen LogP contribution in [-0.2, 0) is 19.5 Å². The number of nitrogens with zero attached hydrogens (tertiary/aromatic N) is 2. The van der Waals surface area contributed by atoms with Crippen LogP contribution in [0.3, 0.4) is 0 Å². The molecule has 3 aromatic rings. The highest BCUT2D eigenvalue weighted by molar-refractivity contribution is 6.06. The number of amides is 1. The normalized spacial score (nSPS) is 13.2. The standard InChI is InChI=1S/C22H24N4O3/c1-28-16-8-9-20(29-2)17(12-16)22(27)23-21-18-13-26(14-19(18)24-25-21)11-10-15-6-4-3-5-7-15/h3-9,12H,10-11,13-14H2,1-2H3,(H2,23,24,25,27). The van der Waals surface area contributed by atoms with Crippen LogP contribution in [0.25, 0.3) is 0 Å². The molecule has 7 nitrogen and oxygen atoms in total. The van der Waals surface area contributed by atoms with Gasteiger partial charge in [0.2, 0.25) is 0 Å². The third-order valence-electron chi connectivity index (χ3n) is 5.16. The van der Waals surface area contributed by atoms with E-state index >= 15 is 0 Å². The Kier molecular flexibility index (Phi) is 5.48. The average molecular weight is 392 g/mol. The second kappa shape index (κ2) is 8.36. The fraction of sp³-hybridized carbons (Fsp3) is 0.273. The number of carbonyl (C=O) groups excluding carboxylic acids is 1. The van der Waals surface area contributed by atoms with Crippen LogP contribution in [0.2, 0.25) is 0 Å². The van der Waals surface area contributed by atoms with Gasteiger partial charge in [0.15, 0.2) is 0 Å². The minimum absolute atomic E-state index is 0.269. The Balaban J connectivity index is 1.43. The number of nitrogens with one attached hydrogen (secondary N) is 2. The van der Waals surface area contributed by atoms with Crippen LogP contribution in [0, 0.1) is 0 Å². The highest BCUT2D eigenvalue weighted by atomic mass is 16.5. The third kappa shape index (κ3) is 4.09. The SMILES string of the molecule is COc1ccc(OC)c(C(=O)Nc2[nH]nc3c2CN(CCc2ccccc2)C3)c1. The van der Waals surface area contributed by atoms with Gasteiger partial charge in [-0.15, -0.1) is 0 Å².